The van der Waals surface area contributed by atoms with Gasteiger partial charge < -0.3 is 13.9 Å². The monoisotopic (exact) mass is 804 g/mol. The Kier molecular flexibility index (Phi) is 8.83. The third-order valence-electron chi connectivity index (χ3n) is 12.4. The Bertz CT molecular complexity index is 3550. The minimum Gasteiger partial charge on any atom is -0.456 e. The first kappa shape index (κ1) is 36.5. The molecule has 3 nitrogen and oxygen atoms in total. The number of anilines is 3. The maximum absolute atomic E-state index is 6.27. The molecule has 2 heterocycles. The first-order valence-electron chi connectivity index (χ1n) is 21.5. The van der Waals surface area contributed by atoms with Gasteiger partial charge in [0.05, 0.1) is 11.0 Å². The molecular weight excluding hydrogens is 765 g/mol. The average Bonchev–Trinajstić information content (AvgIpc) is 3.91. The first-order chi connectivity index (χ1) is 31.2. The van der Waals surface area contributed by atoms with Crippen molar-refractivity contribution in [2.75, 3.05) is 4.90 Å². The quantitative estimate of drug-likeness (QED) is 0.153. The molecule has 0 atom stereocenters. The van der Waals surface area contributed by atoms with Crippen LogP contribution in [0.5, 0.6) is 0 Å². The number of benzene rings is 10. The summed E-state index contributed by atoms with van der Waals surface area (Å²) in [5, 5.41) is 4.82. The van der Waals surface area contributed by atoms with E-state index >= 15 is 0 Å². The van der Waals surface area contributed by atoms with Crippen molar-refractivity contribution in [1.82, 2.24) is 4.57 Å². The van der Waals surface area contributed by atoms with Gasteiger partial charge in [-0.1, -0.05) is 164 Å². The molecule has 0 unspecified atom stereocenters. The standard InChI is InChI=1S/C60H40N2O/c1-2-14-47(15-3-1)61(49-36-31-44(32-37-49)51-17-4-5-18-52(51)46-33-38-56-55-21-8-11-24-59(55)63-60(56)40-46)48-34-29-42(30-35-48)41-25-27-43(28-26-41)45-13-12-16-50(39-45)62-57-22-9-6-19-53(57)54-20-7-10-23-58(54)62/h1-40H. The number of furan rings is 1. The largest absolute Gasteiger partial charge is 0.456 e. The number of fused-ring (bicyclic) bond motifs is 6. The highest BCUT2D eigenvalue weighted by molar-refractivity contribution is 6.09. The molecule has 0 spiro atoms. The Balaban J connectivity index is 0.827. The van der Waals surface area contributed by atoms with Crippen LogP contribution in [0.2, 0.25) is 0 Å². The lowest BCUT2D eigenvalue weighted by molar-refractivity contribution is 0.669. The van der Waals surface area contributed by atoms with Gasteiger partial charge >= 0.3 is 0 Å². The van der Waals surface area contributed by atoms with E-state index in [1.54, 1.807) is 0 Å². The molecule has 3 heteroatoms. The molecule has 0 saturated heterocycles. The Morgan fingerprint density at radius 2 is 0.762 bits per heavy atom. The molecule has 0 amide bonds. The molecule has 0 aliphatic carbocycles. The molecule has 10 aromatic carbocycles. The SMILES string of the molecule is c1ccc(N(c2ccc(-c3ccc(-c4cccc(-n5c6ccccc6c6ccccc65)c4)cc3)cc2)c2ccc(-c3ccccc3-c3ccc4c(c3)oc3ccccc34)cc2)cc1. The maximum Gasteiger partial charge on any atom is 0.136 e. The summed E-state index contributed by atoms with van der Waals surface area (Å²) in [4.78, 5) is 2.32. The van der Waals surface area contributed by atoms with Gasteiger partial charge in [0.2, 0.25) is 0 Å². The number of rotatable bonds is 8. The van der Waals surface area contributed by atoms with Gasteiger partial charge in [-0.2, -0.15) is 0 Å². The molecule has 63 heavy (non-hydrogen) atoms. The van der Waals surface area contributed by atoms with Crippen molar-refractivity contribution in [1.29, 1.82) is 0 Å². The van der Waals surface area contributed by atoms with Crippen molar-refractivity contribution in [3.8, 4) is 50.2 Å². The Morgan fingerprint density at radius 1 is 0.286 bits per heavy atom. The third-order valence-corrected chi connectivity index (χ3v) is 12.4. The summed E-state index contributed by atoms with van der Waals surface area (Å²) in [7, 11) is 0. The molecule has 0 aliphatic heterocycles. The Labute approximate surface area is 366 Å². The molecule has 0 N–H and O–H groups in total. The van der Waals surface area contributed by atoms with E-state index in [9.17, 15) is 0 Å². The minimum absolute atomic E-state index is 0.901. The Morgan fingerprint density at radius 3 is 1.43 bits per heavy atom. The van der Waals surface area contributed by atoms with Crippen molar-refractivity contribution in [3.63, 3.8) is 0 Å². The van der Waals surface area contributed by atoms with Gasteiger partial charge in [0.1, 0.15) is 11.2 Å². The normalized spacial score (nSPS) is 11.5. The minimum atomic E-state index is 0.901. The zero-order valence-electron chi connectivity index (χ0n) is 34.4. The van der Waals surface area contributed by atoms with Crippen molar-refractivity contribution >= 4 is 60.8 Å². The van der Waals surface area contributed by atoms with Gasteiger partial charge in [0.15, 0.2) is 0 Å². The molecule has 296 valence electrons. The predicted molar refractivity (Wildman–Crippen MR) is 264 cm³/mol. The number of hydrogen-bond acceptors (Lipinski definition) is 2. The van der Waals surface area contributed by atoms with Gasteiger partial charge in [-0.25, -0.2) is 0 Å². The maximum atomic E-state index is 6.27. The van der Waals surface area contributed by atoms with Crippen LogP contribution in [0, 0.1) is 0 Å². The predicted octanol–water partition coefficient (Wildman–Crippen LogP) is 16.8. The molecule has 2 aromatic heterocycles. The van der Waals surface area contributed by atoms with E-state index in [-0.39, 0.29) is 0 Å². The fraction of sp³-hybridized carbons (Fsp3) is 0. The highest BCUT2D eigenvalue weighted by Gasteiger charge is 2.16. The summed E-state index contributed by atoms with van der Waals surface area (Å²) in [6, 6.07) is 87.0. The van der Waals surface area contributed by atoms with Crippen molar-refractivity contribution in [3.05, 3.63) is 243 Å². The highest BCUT2D eigenvalue weighted by atomic mass is 16.3. The van der Waals surface area contributed by atoms with Crippen LogP contribution in [0.15, 0.2) is 247 Å². The third kappa shape index (κ3) is 6.46. The second-order valence-electron chi connectivity index (χ2n) is 16.1. The smallest absolute Gasteiger partial charge is 0.136 e. The zero-order valence-corrected chi connectivity index (χ0v) is 34.4. The molecule has 0 aliphatic rings. The van der Waals surface area contributed by atoms with Crippen LogP contribution in [0.4, 0.5) is 17.1 Å². The van der Waals surface area contributed by atoms with E-state index in [1.165, 1.54) is 55.2 Å². The summed E-state index contributed by atoms with van der Waals surface area (Å²) in [5.74, 6) is 0. The average molecular weight is 805 g/mol. The van der Waals surface area contributed by atoms with Crippen molar-refractivity contribution in [2.24, 2.45) is 0 Å². The van der Waals surface area contributed by atoms with Crippen LogP contribution in [-0.4, -0.2) is 4.57 Å². The van der Waals surface area contributed by atoms with Gasteiger partial charge in [0.25, 0.3) is 0 Å². The summed E-state index contributed by atoms with van der Waals surface area (Å²) < 4.78 is 8.64. The number of nitrogens with zero attached hydrogens (tertiary/aromatic N) is 2. The number of hydrogen-bond donors (Lipinski definition) is 0. The molecule has 0 saturated carbocycles. The molecular formula is C60H40N2O. The summed E-state index contributed by atoms with van der Waals surface area (Å²) in [6.45, 7) is 0. The topological polar surface area (TPSA) is 21.3 Å². The lowest BCUT2D eigenvalue weighted by Crippen LogP contribution is -2.09. The van der Waals surface area contributed by atoms with Crippen LogP contribution in [0.3, 0.4) is 0 Å². The summed E-state index contributed by atoms with van der Waals surface area (Å²) in [5.41, 5.74) is 18.0. The number of para-hydroxylation sites is 4. The van der Waals surface area contributed by atoms with Gasteiger partial charge in [0, 0.05) is 44.3 Å². The second-order valence-corrected chi connectivity index (χ2v) is 16.1. The lowest BCUT2D eigenvalue weighted by atomic mass is 9.94. The molecule has 0 bridgehead atoms. The second kappa shape index (κ2) is 15.3. The van der Waals surface area contributed by atoms with E-state index in [4.69, 9.17) is 4.42 Å². The summed E-state index contributed by atoms with van der Waals surface area (Å²) in [6.07, 6.45) is 0. The molecule has 0 fully saturated rings. The highest BCUT2D eigenvalue weighted by Crippen LogP contribution is 2.40. The van der Waals surface area contributed by atoms with Crippen molar-refractivity contribution in [2.45, 2.75) is 0 Å². The van der Waals surface area contributed by atoms with E-state index < -0.39 is 0 Å². The fourth-order valence-electron chi connectivity index (χ4n) is 9.38. The van der Waals surface area contributed by atoms with Gasteiger partial charge in [-0.15, -0.1) is 0 Å². The van der Waals surface area contributed by atoms with Crippen LogP contribution in [-0.2, 0) is 0 Å². The zero-order chi connectivity index (χ0) is 41.7. The first-order valence-corrected chi connectivity index (χ1v) is 21.5. The van der Waals surface area contributed by atoms with E-state index in [0.29, 0.717) is 0 Å². The molecule has 12 rings (SSSR count). The molecule has 0 radical (unpaired) electrons. The van der Waals surface area contributed by atoms with Gasteiger partial charge in [-0.05, 0) is 123 Å². The molecule has 12 aromatic rings. The van der Waals surface area contributed by atoms with Crippen LogP contribution in [0.1, 0.15) is 0 Å². The van der Waals surface area contributed by atoms with Crippen LogP contribution in [0.25, 0.3) is 93.9 Å². The van der Waals surface area contributed by atoms with E-state index in [0.717, 1.165) is 55.8 Å². The van der Waals surface area contributed by atoms with Gasteiger partial charge in [-0.3, -0.25) is 0 Å². The van der Waals surface area contributed by atoms with E-state index in [1.807, 2.05) is 12.1 Å². The van der Waals surface area contributed by atoms with Crippen molar-refractivity contribution < 1.29 is 4.42 Å². The summed E-state index contributed by atoms with van der Waals surface area (Å²) >= 11 is 0. The van der Waals surface area contributed by atoms with Crippen LogP contribution < -0.4 is 4.90 Å². The number of aromatic nitrogens is 1. The van der Waals surface area contributed by atoms with Crippen LogP contribution >= 0.6 is 0 Å². The lowest BCUT2D eigenvalue weighted by Gasteiger charge is -2.26. The fourth-order valence-corrected chi connectivity index (χ4v) is 9.38. The van der Waals surface area contributed by atoms with E-state index in [2.05, 4.69) is 240 Å². The Hall–Kier alpha value is -8.40.